The fourth-order valence-corrected chi connectivity index (χ4v) is 8.13. The first kappa shape index (κ1) is 15.6. The van der Waals surface area contributed by atoms with Crippen molar-refractivity contribution < 1.29 is 0 Å². The van der Waals surface area contributed by atoms with Crippen LogP contribution in [0.15, 0.2) is 30.3 Å². The summed E-state index contributed by atoms with van der Waals surface area (Å²) in [5.41, 5.74) is 2.87. The van der Waals surface area contributed by atoms with Crippen LogP contribution in [0.2, 0.25) is 18.6 Å². The highest BCUT2D eigenvalue weighted by Crippen LogP contribution is 2.67. The van der Waals surface area contributed by atoms with Gasteiger partial charge in [-0.1, -0.05) is 57.3 Å². The number of aryl methyl sites for hydroxylation is 1. The monoisotopic (exact) mass is 320 g/mol. The Morgan fingerprint density at radius 1 is 1.14 bits per heavy atom. The molecule has 0 unspecified atom stereocenters. The molecule has 0 aromatic heterocycles. The van der Waals surface area contributed by atoms with Crippen molar-refractivity contribution in [1.29, 1.82) is 0 Å². The van der Waals surface area contributed by atoms with Gasteiger partial charge in [0.05, 0.1) is 0 Å². The summed E-state index contributed by atoms with van der Waals surface area (Å²) in [6.07, 6.45) is 5.41. The summed E-state index contributed by atoms with van der Waals surface area (Å²) in [5, 5.41) is 0. The van der Waals surface area contributed by atoms with Gasteiger partial charge in [-0.15, -0.1) is 0 Å². The van der Waals surface area contributed by atoms with Crippen LogP contribution in [-0.4, -0.2) is 7.38 Å². The standard InChI is InChI=1S/C19H29ClSi/c1-19(2)15-12-17(19)16(18(13-15)21(3,4)20)11-10-14-8-6-5-7-9-14/h5-9,15-18H,10-13H2,1-4H3/t15-,16+,17+,18+/m1/s1. The Hall–Kier alpha value is -0.273. The third kappa shape index (κ3) is 2.84. The van der Waals surface area contributed by atoms with Gasteiger partial charge in [0.1, 0.15) is 0 Å². The van der Waals surface area contributed by atoms with Gasteiger partial charge < -0.3 is 0 Å². The zero-order chi connectivity index (χ0) is 15.3. The molecule has 0 amide bonds. The molecule has 21 heavy (non-hydrogen) atoms. The molecule has 0 N–H and O–H groups in total. The lowest BCUT2D eigenvalue weighted by atomic mass is 9.45. The summed E-state index contributed by atoms with van der Waals surface area (Å²) in [6, 6.07) is 11.0. The summed E-state index contributed by atoms with van der Waals surface area (Å²) in [4.78, 5) is 0. The van der Waals surface area contributed by atoms with Crippen molar-refractivity contribution in [3.63, 3.8) is 0 Å². The molecule has 0 spiro atoms. The maximum Gasteiger partial charge on any atom is 0.153 e. The van der Waals surface area contributed by atoms with Crippen LogP contribution < -0.4 is 0 Å². The van der Waals surface area contributed by atoms with E-state index in [-0.39, 0.29) is 0 Å². The summed E-state index contributed by atoms with van der Waals surface area (Å²) in [5.74, 6) is 2.70. The number of hydrogen-bond acceptors (Lipinski definition) is 0. The van der Waals surface area contributed by atoms with E-state index in [1.165, 1.54) is 31.2 Å². The molecule has 0 radical (unpaired) electrons. The van der Waals surface area contributed by atoms with E-state index >= 15 is 0 Å². The van der Waals surface area contributed by atoms with E-state index in [1.54, 1.807) is 0 Å². The Kier molecular flexibility index (Phi) is 4.03. The highest BCUT2D eigenvalue weighted by Gasteiger charge is 2.59. The molecule has 4 rings (SSSR count). The number of fused-ring (bicyclic) bond motifs is 2. The average Bonchev–Trinajstić information content (AvgIpc) is 2.44. The van der Waals surface area contributed by atoms with Crippen molar-refractivity contribution in [3.05, 3.63) is 35.9 Å². The highest BCUT2D eigenvalue weighted by atomic mass is 35.6. The van der Waals surface area contributed by atoms with Gasteiger partial charge in [0, 0.05) is 0 Å². The van der Waals surface area contributed by atoms with E-state index in [0.29, 0.717) is 5.41 Å². The van der Waals surface area contributed by atoms with Crippen molar-refractivity contribution in [2.75, 3.05) is 0 Å². The molecule has 1 aromatic rings. The van der Waals surface area contributed by atoms with Crippen LogP contribution in [0.3, 0.4) is 0 Å². The van der Waals surface area contributed by atoms with Gasteiger partial charge in [0.2, 0.25) is 0 Å². The molecule has 0 heterocycles. The second-order valence-corrected chi connectivity index (χ2v) is 15.2. The lowest BCUT2D eigenvalue weighted by Gasteiger charge is -2.64. The largest absolute Gasteiger partial charge is 0.167 e. The van der Waals surface area contributed by atoms with Crippen LogP contribution in [0, 0.1) is 23.2 Å². The van der Waals surface area contributed by atoms with Crippen LogP contribution in [-0.2, 0) is 6.42 Å². The topological polar surface area (TPSA) is 0 Å². The minimum atomic E-state index is -1.56. The first-order chi connectivity index (χ1) is 9.80. The summed E-state index contributed by atoms with van der Waals surface area (Å²) >= 11 is 6.91. The lowest BCUT2D eigenvalue weighted by molar-refractivity contribution is -0.107. The smallest absolute Gasteiger partial charge is 0.153 e. The second kappa shape index (κ2) is 5.42. The van der Waals surface area contributed by atoms with E-state index in [4.69, 9.17) is 11.1 Å². The predicted octanol–water partition coefficient (Wildman–Crippen LogP) is 6.12. The van der Waals surface area contributed by atoms with E-state index in [2.05, 4.69) is 57.3 Å². The fraction of sp³-hybridized carbons (Fsp3) is 0.684. The van der Waals surface area contributed by atoms with Crippen LogP contribution in [0.5, 0.6) is 0 Å². The van der Waals surface area contributed by atoms with Gasteiger partial charge in [-0.2, -0.15) is 11.1 Å². The SMILES string of the molecule is CC1(C)[C@@H]2C[C@H]1[C@H](CCc1ccccc1)[C@@H]([Si](C)(C)Cl)C2. The van der Waals surface area contributed by atoms with Crippen LogP contribution in [0.1, 0.15) is 38.7 Å². The molecule has 2 bridgehead atoms. The van der Waals surface area contributed by atoms with Gasteiger partial charge in [-0.3, -0.25) is 0 Å². The van der Waals surface area contributed by atoms with E-state index < -0.39 is 7.38 Å². The average molecular weight is 321 g/mol. The van der Waals surface area contributed by atoms with E-state index in [9.17, 15) is 0 Å². The van der Waals surface area contributed by atoms with Crippen molar-refractivity contribution in [2.24, 2.45) is 23.2 Å². The number of hydrogen-bond donors (Lipinski definition) is 0. The summed E-state index contributed by atoms with van der Waals surface area (Å²) in [6.45, 7) is 9.74. The summed E-state index contributed by atoms with van der Waals surface area (Å²) in [7, 11) is -1.56. The molecule has 0 aliphatic heterocycles. The van der Waals surface area contributed by atoms with Crippen molar-refractivity contribution in [2.45, 2.75) is 58.2 Å². The zero-order valence-corrected chi connectivity index (χ0v) is 15.7. The Balaban J connectivity index is 1.75. The Morgan fingerprint density at radius 3 is 2.38 bits per heavy atom. The molecule has 1 aromatic carbocycles. The lowest BCUT2D eigenvalue weighted by Crippen LogP contribution is -2.57. The first-order valence-corrected chi connectivity index (χ1v) is 12.6. The number of halogens is 1. The molecule has 0 nitrogen and oxygen atoms in total. The van der Waals surface area contributed by atoms with Gasteiger partial charge in [-0.25, -0.2) is 0 Å². The molecule has 3 saturated carbocycles. The van der Waals surface area contributed by atoms with E-state index in [1.807, 2.05) is 0 Å². The number of rotatable bonds is 4. The van der Waals surface area contributed by atoms with Crippen LogP contribution in [0.4, 0.5) is 0 Å². The van der Waals surface area contributed by atoms with Crippen molar-refractivity contribution >= 4 is 18.5 Å². The minimum Gasteiger partial charge on any atom is -0.167 e. The third-order valence-corrected chi connectivity index (χ3v) is 9.88. The second-order valence-electron chi connectivity index (χ2n) is 8.46. The van der Waals surface area contributed by atoms with Crippen molar-refractivity contribution in [3.8, 4) is 0 Å². The molecule has 3 fully saturated rings. The predicted molar refractivity (Wildman–Crippen MR) is 95.3 cm³/mol. The molecule has 0 saturated heterocycles. The molecule has 3 aliphatic carbocycles. The Morgan fingerprint density at radius 2 is 1.81 bits per heavy atom. The molecule has 3 aliphatic rings. The third-order valence-electron chi connectivity index (χ3n) is 6.61. The molecule has 4 atom stereocenters. The fourth-order valence-electron chi connectivity index (χ4n) is 5.11. The minimum absolute atomic E-state index is 0.564. The Labute approximate surface area is 136 Å². The zero-order valence-electron chi connectivity index (χ0n) is 13.9. The maximum absolute atomic E-state index is 6.91. The van der Waals surface area contributed by atoms with Gasteiger partial charge in [0.25, 0.3) is 0 Å². The highest BCUT2D eigenvalue weighted by molar-refractivity contribution is 7.19. The van der Waals surface area contributed by atoms with Crippen molar-refractivity contribution in [1.82, 2.24) is 0 Å². The maximum atomic E-state index is 6.91. The molecule has 116 valence electrons. The van der Waals surface area contributed by atoms with Gasteiger partial charge in [0.15, 0.2) is 7.38 Å². The normalized spacial score (nSPS) is 34.3. The molecule has 2 heteroatoms. The van der Waals surface area contributed by atoms with Gasteiger partial charge >= 0.3 is 0 Å². The molecular formula is C19H29ClSi. The van der Waals surface area contributed by atoms with Gasteiger partial charge in [-0.05, 0) is 60.0 Å². The van der Waals surface area contributed by atoms with E-state index in [0.717, 1.165) is 23.3 Å². The Bertz CT molecular complexity index is 488. The molecular weight excluding hydrogens is 292 g/mol. The summed E-state index contributed by atoms with van der Waals surface area (Å²) < 4.78 is 0. The van der Waals surface area contributed by atoms with Crippen LogP contribution in [0.25, 0.3) is 0 Å². The van der Waals surface area contributed by atoms with Crippen LogP contribution >= 0.6 is 11.1 Å². The first-order valence-electron chi connectivity index (χ1n) is 8.53. The number of benzene rings is 1. The quantitative estimate of drug-likeness (QED) is 0.463.